The first kappa shape index (κ1) is 17.9. The molecule has 2 aromatic rings. The highest BCUT2D eigenvalue weighted by molar-refractivity contribution is 5.82. The standard InChI is InChI=1S/C22H26N2O3/c1-17-21(27-20-11-6-5-10-19(20)26-17)22(25)24-13-7-12-23(14-15-24)16-18-8-3-2-4-9-18/h2-6,8-11,17,21H,7,12-16H2,1H3. The van der Waals surface area contributed by atoms with Gasteiger partial charge in [-0.1, -0.05) is 42.5 Å². The highest BCUT2D eigenvalue weighted by Gasteiger charge is 2.37. The van der Waals surface area contributed by atoms with Crippen LogP contribution in [0.3, 0.4) is 0 Å². The van der Waals surface area contributed by atoms with Crippen molar-refractivity contribution in [2.45, 2.75) is 32.1 Å². The topological polar surface area (TPSA) is 42.0 Å². The van der Waals surface area contributed by atoms with Gasteiger partial charge in [-0.25, -0.2) is 0 Å². The number of para-hydroxylation sites is 2. The van der Waals surface area contributed by atoms with E-state index in [0.29, 0.717) is 11.5 Å². The third-order valence-electron chi connectivity index (χ3n) is 5.23. The molecule has 5 heteroatoms. The summed E-state index contributed by atoms with van der Waals surface area (Å²) in [6, 6.07) is 18.0. The van der Waals surface area contributed by atoms with Crippen molar-refractivity contribution in [3.63, 3.8) is 0 Å². The molecule has 1 saturated heterocycles. The van der Waals surface area contributed by atoms with Gasteiger partial charge < -0.3 is 14.4 Å². The molecule has 2 heterocycles. The van der Waals surface area contributed by atoms with Gasteiger partial charge in [0.2, 0.25) is 6.10 Å². The van der Waals surface area contributed by atoms with Crippen LogP contribution in [-0.4, -0.2) is 54.1 Å². The van der Waals surface area contributed by atoms with E-state index >= 15 is 0 Å². The summed E-state index contributed by atoms with van der Waals surface area (Å²) in [6.07, 6.45) is 0.0913. The fourth-order valence-corrected chi connectivity index (χ4v) is 3.76. The molecule has 4 rings (SSSR count). The van der Waals surface area contributed by atoms with Crippen LogP contribution in [0.4, 0.5) is 0 Å². The molecule has 2 atom stereocenters. The Labute approximate surface area is 160 Å². The molecule has 0 aliphatic carbocycles. The fraction of sp³-hybridized carbons (Fsp3) is 0.409. The van der Waals surface area contributed by atoms with Crippen LogP contribution in [0.25, 0.3) is 0 Å². The number of rotatable bonds is 3. The molecule has 2 aliphatic rings. The molecule has 1 fully saturated rings. The Kier molecular flexibility index (Phi) is 5.30. The van der Waals surface area contributed by atoms with Crippen molar-refractivity contribution in [1.82, 2.24) is 9.80 Å². The van der Waals surface area contributed by atoms with E-state index in [4.69, 9.17) is 9.47 Å². The first-order valence-electron chi connectivity index (χ1n) is 9.68. The number of benzene rings is 2. The van der Waals surface area contributed by atoms with Crippen LogP contribution in [0.15, 0.2) is 54.6 Å². The van der Waals surface area contributed by atoms with E-state index in [9.17, 15) is 4.79 Å². The maximum absolute atomic E-state index is 13.1. The van der Waals surface area contributed by atoms with Crippen molar-refractivity contribution in [3.05, 3.63) is 60.2 Å². The van der Waals surface area contributed by atoms with Crippen LogP contribution in [0, 0.1) is 0 Å². The minimum Gasteiger partial charge on any atom is -0.482 e. The lowest BCUT2D eigenvalue weighted by Crippen LogP contribution is -2.51. The van der Waals surface area contributed by atoms with Gasteiger partial charge in [-0.15, -0.1) is 0 Å². The number of ether oxygens (including phenoxy) is 2. The van der Waals surface area contributed by atoms with Crippen molar-refractivity contribution < 1.29 is 14.3 Å². The van der Waals surface area contributed by atoms with Crippen molar-refractivity contribution in [2.24, 2.45) is 0 Å². The minimum absolute atomic E-state index is 0.0264. The maximum atomic E-state index is 13.1. The Morgan fingerprint density at radius 3 is 2.41 bits per heavy atom. The van der Waals surface area contributed by atoms with Gasteiger partial charge >= 0.3 is 0 Å². The average Bonchev–Trinajstić information content (AvgIpc) is 2.93. The minimum atomic E-state index is -0.583. The van der Waals surface area contributed by atoms with Crippen LogP contribution in [0.5, 0.6) is 11.5 Å². The van der Waals surface area contributed by atoms with Crippen molar-refractivity contribution >= 4 is 5.91 Å². The number of amides is 1. The predicted octanol–water partition coefficient (Wildman–Crippen LogP) is 2.95. The summed E-state index contributed by atoms with van der Waals surface area (Å²) in [6.45, 7) is 6.18. The SMILES string of the molecule is CC1Oc2ccccc2OC1C(=O)N1CCCN(Cc2ccccc2)CC1. The van der Waals surface area contributed by atoms with E-state index in [-0.39, 0.29) is 12.0 Å². The summed E-state index contributed by atoms with van der Waals surface area (Å²) >= 11 is 0. The van der Waals surface area contributed by atoms with Crippen LogP contribution in [-0.2, 0) is 11.3 Å². The van der Waals surface area contributed by atoms with Crippen molar-refractivity contribution in [2.75, 3.05) is 26.2 Å². The molecule has 2 unspecified atom stereocenters. The van der Waals surface area contributed by atoms with Gasteiger partial charge in [-0.2, -0.15) is 0 Å². The highest BCUT2D eigenvalue weighted by Crippen LogP contribution is 2.34. The lowest BCUT2D eigenvalue weighted by atomic mass is 10.1. The zero-order chi connectivity index (χ0) is 18.6. The van der Waals surface area contributed by atoms with Gasteiger partial charge in [0, 0.05) is 32.7 Å². The van der Waals surface area contributed by atoms with Crippen molar-refractivity contribution in [3.8, 4) is 11.5 Å². The summed E-state index contributed by atoms with van der Waals surface area (Å²) in [5.41, 5.74) is 1.31. The van der Waals surface area contributed by atoms with Crippen molar-refractivity contribution in [1.29, 1.82) is 0 Å². The third kappa shape index (κ3) is 4.08. The first-order chi connectivity index (χ1) is 13.2. The fourth-order valence-electron chi connectivity index (χ4n) is 3.76. The Hall–Kier alpha value is -2.53. The maximum Gasteiger partial charge on any atom is 0.267 e. The van der Waals surface area contributed by atoms with E-state index < -0.39 is 6.10 Å². The number of fused-ring (bicyclic) bond motifs is 1. The lowest BCUT2D eigenvalue weighted by Gasteiger charge is -2.34. The van der Waals surface area contributed by atoms with Gasteiger partial charge in [0.25, 0.3) is 5.91 Å². The number of nitrogens with zero attached hydrogens (tertiary/aromatic N) is 2. The zero-order valence-electron chi connectivity index (χ0n) is 15.7. The van der Waals surface area contributed by atoms with Crippen LogP contribution >= 0.6 is 0 Å². The molecule has 0 bridgehead atoms. The number of carbonyl (C=O) groups is 1. The van der Waals surface area contributed by atoms with Gasteiger partial charge in [0.1, 0.15) is 6.10 Å². The number of hydrogen-bond acceptors (Lipinski definition) is 4. The number of hydrogen-bond donors (Lipinski definition) is 0. The van der Waals surface area contributed by atoms with Crippen LogP contribution < -0.4 is 9.47 Å². The third-order valence-corrected chi connectivity index (χ3v) is 5.23. The molecular weight excluding hydrogens is 340 g/mol. The molecule has 0 spiro atoms. The molecule has 1 amide bonds. The van der Waals surface area contributed by atoms with E-state index in [1.807, 2.05) is 42.2 Å². The summed E-state index contributed by atoms with van der Waals surface area (Å²) in [7, 11) is 0. The highest BCUT2D eigenvalue weighted by atomic mass is 16.6. The molecule has 142 valence electrons. The summed E-state index contributed by atoms with van der Waals surface area (Å²) in [5, 5.41) is 0. The van der Waals surface area contributed by atoms with E-state index in [0.717, 1.165) is 39.1 Å². The molecule has 0 radical (unpaired) electrons. The Balaban J connectivity index is 1.38. The second kappa shape index (κ2) is 8.01. The molecule has 2 aromatic carbocycles. The molecule has 0 aromatic heterocycles. The van der Waals surface area contributed by atoms with E-state index in [2.05, 4.69) is 29.2 Å². The monoisotopic (exact) mass is 366 g/mol. The molecule has 0 N–H and O–H groups in total. The Morgan fingerprint density at radius 2 is 1.63 bits per heavy atom. The van der Waals surface area contributed by atoms with Gasteiger partial charge in [-0.3, -0.25) is 9.69 Å². The lowest BCUT2D eigenvalue weighted by molar-refractivity contribution is -0.144. The molecular formula is C22H26N2O3. The quantitative estimate of drug-likeness (QED) is 0.838. The van der Waals surface area contributed by atoms with Crippen LogP contribution in [0.2, 0.25) is 0 Å². The molecule has 27 heavy (non-hydrogen) atoms. The van der Waals surface area contributed by atoms with E-state index in [1.54, 1.807) is 0 Å². The number of carbonyl (C=O) groups excluding carboxylic acids is 1. The summed E-state index contributed by atoms with van der Waals surface area (Å²) < 4.78 is 11.9. The Bertz CT molecular complexity index is 780. The predicted molar refractivity (Wildman–Crippen MR) is 104 cm³/mol. The molecule has 2 aliphatic heterocycles. The van der Waals surface area contributed by atoms with Gasteiger partial charge in [-0.05, 0) is 31.0 Å². The van der Waals surface area contributed by atoms with Gasteiger partial charge in [0.05, 0.1) is 0 Å². The summed E-state index contributed by atoms with van der Waals surface area (Å²) in [4.78, 5) is 17.4. The summed E-state index contributed by atoms with van der Waals surface area (Å²) in [5.74, 6) is 1.38. The van der Waals surface area contributed by atoms with E-state index in [1.165, 1.54) is 5.56 Å². The normalized spacial score (nSPS) is 22.9. The molecule has 0 saturated carbocycles. The second-order valence-corrected chi connectivity index (χ2v) is 7.25. The Morgan fingerprint density at radius 1 is 0.926 bits per heavy atom. The largest absolute Gasteiger partial charge is 0.482 e. The van der Waals surface area contributed by atoms with Gasteiger partial charge in [0.15, 0.2) is 11.5 Å². The first-order valence-corrected chi connectivity index (χ1v) is 9.68. The van der Waals surface area contributed by atoms with Crippen LogP contribution in [0.1, 0.15) is 18.9 Å². The average molecular weight is 366 g/mol. The zero-order valence-corrected chi connectivity index (χ0v) is 15.7. The smallest absolute Gasteiger partial charge is 0.267 e. The molecule has 5 nitrogen and oxygen atoms in total. The second-order valence-electron chi connectivity index (χ2n) is 7.25.